The molecule has 4 nitrogen and oxygen atoms in total. The van der Waals surface area contributed by atoms with Crippen molar-refractivity contribution in [3.63, 3.8) is 0 Å². The van der Waals surface area contributed by atoms with E-state index in [1.54, 1.807) is 0 Å². The zero-order valence-corrected chi connectivity index (χ0v) is 11.9. The SMILES string of the molecule is CC1CCCN(c2n[nH]c(=S)n2C(C)C)C1C. The molecule has 2 heterocycles. The molecule has 1 aliphatic heterocycles. The Morgan fingerprint density at radius 2 is 2.12 bits per heavy atom. The molecule has 1 aromatic heterocycles. The van der Waals surface area contributed by atoms with Crippen molar-refractivity contribution in [3.05, 3.63) is 4.77 Å². The van der Waals surface area contributed by atoms with E-state index in [0.717, 1.165) is 23.2 Å². The van der Waals surface area contributed by atoms with Crippen molar-refractivity contribution in [1.29, 1.82) is 0 Å². The van der Waals surface area contributed by atoms with Gasteiger partial charge in [-0.15, -0.1) is 5.10 Å². The highest BCUT2D eigenvalue weighted by molar-refractivity contribution is 7.71. The molecule has 96 valence electrons. The second-order valence-electron chi connectivity index (χ2n) is 5.35. The van der Waals surface area contributed by atoms with Crippen LogP contribution in [-0.4, -0.2) is 27.4 Å². The zero-order chi connectivity index (χ0) is 12.6. The third-order valence-corrected chi connectivity index (χ3v) is 4.12. The van der Waals surface area contributed by atoms with Gasteiger partial charge in [0.25, 0.3) is 0 Å². The molecule has 1 saturated heterocycles. The molecule has 0 saturated carbocycles. The van der Waals surface area contributed by atoms with Gasteiger partial charge in [-0.3, -0.25) is 4.57 Å². The van der Waals surface area contributed by atoms with E-state index in [4.69, 9.17) is 12.2 Å². The molecular formula is C12H22N4S. The minimum atomic E-state index is 0.348. The largest absolute Gasteiger partial charge is 0.338 e. The molecule has 2 rings (SSSR count). The standard InChI is InChI=1S/C12H22N4S/c1-8(2)16-11(13-14-12(16)17)15-7-5-6-9(3)10(15)4/h8-10H,5-7H2,1-4H3,(H,14,17). The number of aromatic nitrogens is 3. The van der Waals surface area contributed by atoms with Crippen LogP contribution in [0.4, 0.5) is 5.95 Å². The first-order valence-corrected chi connectivity index (χ1v) is 6.86. The van der Waals surface area contributed by atoms with E-state index in [0.29, 0.717) is 12.1 Å². The lowest BCUT2D eigenvalue weighted by molar-refractivity contribution is 0.354. The highest BCUT2D eigenvalue weighted by Crippen LogP contribution is 2.28. The van der Waals surface area contributed by atoms with Crippen LogP contribution in [0.25, 0.3) is 0 Å². The van der Waals surface area contributed by atoms with Crippen LogP contribution in [0.1, 0.15) is 46.6 Å². The average Bonchev–Trinajstić information content (AvgIpc) is 2.64. The van der Waals surface area contributed by atoms with E-state index in [9.17, 15) is 0 Å². The van der Waals surface area contributed by atoms with Crippen molar-refractivity contribution in [2.45, 2.75) is 52.6 Å². The third-order valence-electron chi connectivity index (χ3n) is 3.83. The van der Waals surface area contributed by atoms with Gasteiger partial charge in [-0.25, -0.2) is 5.10 Å². The summed E-state index contributed by atoms with van der Waals surface area (Å²) in [7, 11) is 0. The first-order valence-electron chi connectivity index (χ1n) is 6.46. The molecule has 5 heteroatoms. The van der Waals surface area contributed by atoms with Gasteiger partial charge in [0.05, 0.1) is 0 Å². The van der Waals surface area contributed by atoms with Crippen LogP contribution in [0.15, 0.2) is 0 Å². The van der Waals surface area contributed by atoms with Crippen LogP contribution >= 0.6 is 12.2 Å². The first kappa shape index (κ1) is 12.6. The zero-order valence-electron chi connectivity index (χ0n) is 11.1. The van der Waals surface area contributed by atoms with Crippen LogP contribution in [-0.2, 0) is 0 Å². The molecule has 0 amide bonds. The number of piperidine rings is 1. The van der Waals surface area contributed by atoms with Crippen LogP contribution in [0.3, 0.4) is 0 Å². The predicted molar refractivity (Wildman–Crippen MR) is 73.0 cm³/mol. The maximum absolute atomic E-state index is 5.30. The van der Waals surface area contributed by atoms with Gasteiger partial charge >= 0.3 is 0 Å². The van der Waals surface area contributed by atoms with Gasteiger partial charge in [0.1, 0.15) is 0 Å². The van der Waals surface area contributed by atoms with Crippen LogP contribution < -0.4 is 4.90 Å². The van der Waals surface area contributed by atoms with Crippen LogP contribution in [0, 0.1) is 10.7 Å². The summed E-state index contributed by atoms with van der Waals surface area (Å²) in [6, 6.07) is 0.882. The van der Waals surface area contributed by atoms with Gasteiger partial charge in [-0.05, 0) is 51.7 Å². The molecule has 1 aliphatic rings. The van der Waals surface area contributed by atoms with E-state index in [-0.39, 0.29) is 0 Å². The van der Waals surface area contributed by atoms with Gasteiger partial charge in [0, 0.05) is 18.6 Å². The molecule has 0 bridgehead atoms. The third kappa shape index (κ3) is 2.25. The molecule has 17 heavy (non-hydrogen) atoms. The average molecular weight is 254 g/mol. The van der Waals surface area contributed by atoms with Gasteiger partial charge in [0.2, 0.25) is 5.95 Å². The Labute approximate surface area is 108 Å². The van der Waals surface area contributed by atoms with Crippen LogP contribution in [0.5, 0.6) is 0 Å². The summed E-state index contributed by atoms with van der Waals surface area (Å²) in [5.41, 5.74) is 0. The number of hydrogen-bond acceptors (Lipinski definition) is 3. The molecule has 1 aromatic rings. The number of nitrogens with one attached hydrogen (secondary N) is 1. The molecule has 2 unspecified atom stereocenters. The Hall–Kier alpha value is -0.840. The highest BCUT2D eigenvalue weighted by atomic mass is 32.1. The van der Waals surface area contributed by atoms with E-state index in [2.05, 4.69) is 47.4 Å². The van der Waals surface area contributed by atoms with E-state index < -0.39 is 0 Å². The molecule has 0 aromatic carbocycles. The minimum absolute atomic E-state index is 0.348. The lowest BCUT2D eigenvalue weighted by Crippen LogP contribution is -2.44. The molecule has 1 N–H and O–H groups in total. The van der Waals surface area contributed by atoms with E-state index >= 15 is 0 Å². The number of anilines is 1. The lowest BCUT2D eigenvalue weighted by Gasteiger charge is -2.38. The van der Waals surface area contributed by atoms with Gasteiger partial charge in [-0.2, -0.15) is 0 Å². The smallest absolute Gasteiger partial charge is 0.226 e. The van der Waals surface area contributed by atoms with Gasteiger partial charge in [-0.1, -0.05) is 6.92 Å². The summed E-state index contributed by atoms with van der Waals surface area (Å²) >= 11 is 5.30. The molecular weight excluding hydrogens is 232 g/mol. The normalized spacial score (nSPS) is 25.6. The Kier molecular flexibility index (Phi) is 3.56. The summed E-state index contributed by atoms with van der Waals surface area (Å²) < 4.78 is 2.84. The highest BCUT2D eigenvalue weighted by Gasteiger charge is 2.28. The fourth-order valence-corrected chi connectivity index (χ4v) is 2.92. The van der Waals surface area contributed by atoms with Crippen molar-refractivity contribution in [3.8, 4) is 0 Å². The van der Waals surface area contributed by atoms with Crippen LogP contribution in [0.2, 0.25) is 0 Å². The van der Waals surface area contributed by atoms with E-state index in [1.807, 2.05) is 0 Å². The maximum Gasteiger partial charge on any atom is 0.226 e. The summed E-state index contributed by atoms with van der Waals surface area (Å²) in [5.74, 6) is 1.72. The van der Waals surface area contributed by atoms with Crippen molar-refractivity contribution in [1.82, 2.24) is 14.8 Å². The van der Waals surface area contributed by atoms with Crippen molar-refractivity contribution in [2.75, 3.05) is 11.4 Å². The number of nitrogens with zero attached hydrogens (tertiary/aromatic N) is 3. The van der Waals surface area contributed by atoms with Crippen molar-refractivity contribution >= 4 is 18.2 Å². The van der Waals surface area contributed by atoms with Gasteiger partial charge < -0.3 is 4.90 Å². The number of H-pyrrole nitrogens is 1. The Balaban J connectivity index is 2.36. The molecule has 0 radical (unpaired) electrons. The predicted octanol–water partition coefficient (Wildman–Crippen LogP) is 3.15. The molecule has 0 aliphatic carbocycles. The molecule has 0 spiro atoms. The van der Waals surface area contributed by atoms with Gasteiger partial charge in [0.15, 0.2) is 4.77 Å². The number of aromatic amines is 1. The Morgan fingerprint density at radius 1 is 1.41 bits per heavy atom. The topological polar surface area (TPSA) is 36.9 Å². The minimum Gasteiger partial charge on any atom is -0.338 e. The maximum atomic E-state index is 5.30. The second kappa shape index (κ2) is 4.80. The monoisotopic (exact) mass is 254 g/mol. The van der Waals surface area contributed by atoms with Crippen molar-refractivity contribution < 1.29 is 0 Å². The molecule has 1 fully saturated rings. The fourth-order valence-electron chi connectivity index (χ4n) is 2.58. The second-order valence-corrected chi connectivity index (χ2v) is 5.73. The lowest BCUT2D eigenvalue weighted by atomic mass is 9.92. The number of rotatable bonds is 2. The van der Waals surface area contributed by atoms with Crippen molar-refractivity contribution in [2.24, 2.45) is 5.92 Å². The summed E-state index contributed by atoms with van der Waals surface area (Å²) in [4.78, 5) is 2.39. The fraction of sp³-hybridized carbons (Fsp3) is 0.833. The first-order chi connectivity index (χ1) is 8.02. The summed E-state index contributed by atoms with van der Waals surface area (Å²) in [6.07, 6.45) is 2.55. The number of hydrogen-bond donors (Lipinski definition) is 1. The summed E-state index contributed by atoms with van der Waals surface area (Å²) in [6.45, 7) is 9.97. The van der Waals surface area contributed by atoms with E-state index in [1.165, 1.54) is 12.8 Å². The summed E-state index contributed by atoms with van der Waals surface area (Å²) in [5, 5.41) is 7.34. The quantitative estimate of drug-likeness (QED) is 0.824. The molecule has 2 atom stereocenters. The Morgan fingerprint density at radius 3 is 2.76 bits per heavy atom. The Bertz CT molecular complexity index is 434.